The van der Waals surface area contributed by atoms with Crippen LogP contribution < -0.4 is 15.5 Å². The monoisotopic (exact) mass is 491 g/mol. The fourth-order valence-corrected chi connectivity index (χ4v) is 5.08. The van der Waals surface area contributed by atoms with Gasteiger partial charge < -0.3 is 15.5 Å². The van der Waals surface area contributed by atoms with Crippen LogP contribution in [0, 0.1) is 5.92 Å². The Hall–Kier alpha value is -3.70. The maximum absolute atomic E-state index is 4.82. The zero-order chi connectivity index (χ0) is 25.5. The maximum atomic E-state index is 4.82. The van der Waals surface area contributed by atoms with Gasteiger partial charge in [-0.2, -0.15) is 4.98 Å². The molecule has 1 saturated carbocycles. The molecule has 0 spiro atoms. The van der Waals surface area contributed by atoms with Crippen LogP contribution in [0.2, 0.25) is 0 Å². The molecule has 3 aromatic carbocycles. The lowest BCUT2D eigenvalue weighted by atomic mass is 9.86. The number of para-hydroxylation sites is 1. The highest BCUT2D eigenvalue weighted by Gasteiger charge is 2.22. The van der Waals surface area contributed by atoms with Crippen molar-refractivity contribution < 1.29 is 0 Å². The van der Waals surface area contributed by atoms with Crippen LogP contribution in [0.25, 0.3) is 23.1 Å². The molecule has 1 heterocycles. The summed E-state index contributed by atoms with van der Waals surface area (Å²) in [5, 5.41) is 8.40. The fourth-order valence-electron chi connectivity index (χ4n) is 5.08. The van der Waals surface area contributed by atoms with Crippen molar-refractivity contribution in [2.45, 2.75) is 38.3 Å². The first-order chi connectivity index (χ1) is 18.1. The number of benzene rings is 3. The minimum Gasteiger partial charge on any atom is -0.362 e. The van der Waals surface area contributed by atoms with Gasteiger partial charge in [-0.05, 0) is 67.0 Å². The van der Waals surface area contributed by atoms with Crippen molar-refractivity contribution in [3.63, 3.8) is 0 Å². The molecule has 1 aromatic heterocycles. The van der Waals surface area contributed by atoms with E-state index in [0.717, 1.165) is 54.5 Å². The summed E-state index contributed by atoms with van der Waals surface area (Å²) in [5.74, 6) is 2.43. The molecule has 5 rings (SSSR count). The highest BCUT2D eigenvalue weighted by molar-refractivity contribution is 5.90. The molecule has 1 aliphatic carbocycles. The van der Waals surface area contributed by atoms with Crippen LogP contribution in [0.3, 0.4) is 0 Å². The van der Waals surface area contributed by atoms with Crippen molar-refractivity contribution in [3.8, 4) is 0 Å². The molecule has 0 unspecified atom stereocenters. The Bertz CT molecular complexity index is 1310. The third-order valence-electron chi connectivity index (χ3n) is 7.20. The average Bonchev–Trinajstić information content (AvgIpc) is 2.93. The lowest BCUT2D eigenvalue weighted by Gasteiger charge is -2.29. The molecule has 37 heavy (non-hydrogen) atoms. The standard InChI is InChI=1S/C32H37N5/c1-37(2)31-29-10-6-7-11-30(29)35-32(36-31)34-28-20-18-27(19-21-28)23-33-22-26-16-14-25(15-17-26)13-12-24-8-4-3-5-9-24/h3-17,27-28,33H,18-23H2,1-2H3,(H,34,35,36)/b13-12+. The molecular formula is C32H37N5. The van der Waals surface area contributed by atoms with Gasteiger partial charge in [-0.3, -0.25) is 0 Å². The van der Waals surface area contributed by atoms with Crippen LogP contribution >= 0.6 is 0 Å². The van der Waals surface area contributed by atoms with Crippen LogP contribution in [0.4, 0.5) is 11.8 Å². The Kier molecular flexibility index (Phi) is 8.11. The molecule has 190 valence electrons. The van der Waals surface area contributed by atoms with E-state index >= 15 is 0 Å². The highest BCUT2D eigenvalue weighted by atomic mass is 15.2. The van der Waals surface area contributed by atoms with E-state index in [1.165, 1.54) is 29.5 Å². The number of nitrogens with one attached hydrogen (secondary N) is 2. The lowest BCUT2D eigenvalue weighted by Crippen LogP contribution is -2.31. The summed E-state index contributed by atoms with van der Waals surface area (Å²) >= 11 is 0. The normalized spacial score (nSPS) is 17.8. The second kappa shape index (κ2) is 12.0. The van der Waals surface area contributed by atoms with Gasteiger partial charge in [-0.15, -0.1) is 0 Å². The Morgan fingerprint density at radius 2 is 1.46 bits per heavy atom. The van der Waals surface area contributed by atoms with E-state index in [4.69, 9.17) is 9.97 Å². The summed E-state index contributed by atoms with van der Waals surface area (Å²) in [6.45, 7) is 1.98. The Morgan fingerprint density at radius 1 is 0.784 bits per heavy atom. The van der Waals surface area contributed by atoms with Crippen molar-refractivity contribution in [3.05, 3.63) is 95.6 Å². The summed E-state index contributed by atoms with van der Waals surface area (Å²) in [6.07, 6.45) is 9.09. The summed E-state index contributed by atoms with van der Waals surface area (Å²) in [4.78, 5) is 11.7. The summed E-state index contributed by atoms with van der Waals surface area (Å²) < 4.78 is 0. The number of anilines is 2. The molecule has 1 aliphatic rings. The van der Waals surface area contributed by atoms with Crippen molar-refractivity contribution in [2.24, 2.45) is 5.92 Å². The first-order valence-electron chi connectivity index (χ1n) is 13.4. The molecule has 0 radical (unpaired) electrons. The third kappa shape index (κ3) is 6.75. The third-order valence-corrected chi connectivity index (χ3v) is 7.20. The number of rotatable bonds is 9. The Morgan fingerprint density at radius 3 is 2.19 bits per heavy atom. The largest absolute Gasteiger partial charge is 0.362 e. The van der Waals surface area contributed by atoms with Crippen molar-refractivity contribution in [2.75, 3.05) is 30.9 Å². The van der Waals surface area contributed by atoms with Crippen LogP contribution in [0.1, 0.15) is 42.4 Å². The second-order valence-corrected chi connectivity index (χ2v) is 10.3. The topological polar surface area (TPSA) is 53.1 Å². The number of nitrogens with zero attached hydrogens (tertiary/aromatic N) is 3. The van der Waals surface area contributed by atoms with E-state index in [1.54, 1.807) is 0 Å². The number of aromatic nitrogens is 2. The minimum absolute atomic E-state index is 0.434. The van der Waals surface area contributed by atoms with Crippen molar-refractivity contribution in [1.29, 1.82) is 0 Å². The van der Waals surface area contributed by atoms with Gasteiger partial charge in [-0.25, -0.2) is 4.98 Å². The van der Waals surface area contributed by atoms with Gasteiger partial charge in [-0.1, -0.05) is 78.9 Å². The molecule has 5 heteroatoms. The second-order valence-electron chi connectivity index (χ2n) is 10.3. The lowest BCUT2D eigenvalue weighted by molar-refractivity contribution is 0.324. The van der Waals surface area contributed by atoms with Gasteiger partial charge in [0.2, 0.25) is 5.95 Å². The number of hydrogen-bond donors (Lipinski definition) is 2. The van der Waals surface area contributed by atoms with Crippen molar-refractivity contribution in [1.82, 2.24) is 15.3 Å². The average molecular weight is 492 g/mol. The number of fused-ring (bicyclic) bond motifs is 1. The van der Waals surface area contributed by atoms with E-state index < -0.39 is 0 Å². The van der Waals surface area contributed by atoms with Gasteiger partial charge >= 0.3 is 0 Å². The molecule has 4 aromatic rings. The Balaban J connectivity index is 1.06. The van der Waals surface area contributed by atoms with Gasteiger partial charge in [0.1, 0.15) is 5.82 Å². The van der Waals surface area contributed by atoms with Crippen LogP contribution in [-0.2, 0) is 6.54 Å². The smallest absolute Gasteiger partial charge is 0.225 e. The van der Waals surface area contributed by atoms with Gasteiger partial charge in [0, 0.05) is 32.1 Å². The van der Waals surface area contributed by atoms with Gasteiger partial charge in [0.25, 0.3) is 0 Å². The van der Waals surface area contributed by atoms with E-state index in [1.807, 2.05) is 32.3 Å². The fraction of sp³-hybridized carbons (Fsp3) is 0.312. The number of hydrogen-bond acceptors (Lipinski definition) is 5. The van der Waals surface area contributed by atoms with Crippen LogP contribution in [-0.4, -0.2) is 36.6 Å². The molecule has 0 amide bonds. The maximum Gasteiger partial charge on any atom is 0.225 e. The predicted octanol–water partition coefficient (Wildman–Crippen LogP) is 6.63. The van der Waals surface area contributed by atoms with E-state index in [2.05, 4.69) is 88.3 Å². The molecule has 2 N–H and O–H groups in total. The molecule has 0 saturated heterocycles. The predicted molar refractivity (Wildman–Crippen MR) is 157 cm³/mol. The molecule has 5 nitrogen and oxygen atoms in total. The molecule has 0 bridgehead atoms. The summed E-state index contributed by atoms with van der Waals surface area (Å²) in [6, 6.07) is 27.9. The molecule has 1 fully saturated rings. The summed E-state index contributed by atoms with van der Waals surface area (Å²) in [7, 11) is 4.07. The van der Waals surface area contributed by atoms with E-state index in [0.29, 0.717) is 6.04 Å². The molecular weight excluding hydrogens is 454 g/mol. The van der Waals surface area contributed by atoms with E-state index in [-0.39, 0.29) is 0 Å². The first-order valence-corrected chi connectivity index (χ1v) is 13.4. The highest BCUT2D eigenvalue weighted by Crippen LogP contribution is 2.28. The van der Waals surface area contributed by atoms with E-state index in [9.17, 15) is 0 Å². The minimum atomic E-state index is 0.434. The van der Waals surface area contributed by atoms with Crippen molar-refractivity contribution >= 4 is 34.8 Å². The first kappa shape index (κ1) is 25.0. The molecule has 0 aliphatic heterocycles. The zero-order valence-electron chi connectivity index (χ0n) is 21.9. The Labute approximate surface area is 220 Å². The van der Waals surface area contributed by atoms with Gasteiger partial charge in [0.05, 0.1) is 5.52 Å². The van der Waals surface area contributed by atoms with Gasteiger partial charge in [0.15, 0.2) is 0 Å². The SMILES string of the molecule is CN(C)c1nc(NC2CCC(CNCc3ccc(/C=C/c4ccccc4)cc3)CC2)nc2ccccc12. The quantitative estimate of drug-likeness (QED) is 0.258. The summed E-state index contributed by atoms with van der Waals surface area (Å²) in [5.41, 5.74) is 4.77. The zero-order valence-corrected chi connectivity index (χ0v) is 21.9. The van der Waals surface area contributed by atoms with Crippen LogP contribution in [0.15, 0.2) is 78.9 Å². The van der Waals surface area contributed by atoms with Crippen LogP contribution in [0.5, 0.6) is 0 Å². The molecule has 0 atom stereocenters.